The quantitative estimate of drug-likeness (QED) is 0.754. The Labute approximate surface area is 155 Å². The van der Waals surface area contributed by atoms with Gasteiger partial charge >= 0.3 is 0 Å². The summed E-state index contributed by atoms with van der Waals surface area (Å²) in [5.74, 6) is 0.554. The van der Waals surface area contributed by atoms with E-state index in [2.05, 4.69) is 5.32 Å². The molecule has 26 heavy (non-hydrogen) atoms. The zero-order valence-electron chi connectivity index (χ0n) is 14.1. The number of rotatable bonds is 6. The van der Waals surface area contributed by atoms with Crippen LogP contribution in [0.15, 0.2) is 33.9 Å². The molecule has 9 heteroatoms. The van der Waals surface area contributed by atoms with Gasteiger partial charge < -0.3 is 19.5 Å². The largest absolute Gasteiger partial charge is 0.492 e. The van der Waals surface area contributed by atoms with Crippen LogP contribution in [0.2, 0.25) is 0 Å². The van der Waals surface area contributed by atoms with E-state index in [1.807, 2.05) is 0 Å². The minimum absolute atomic E-state index is 0.0193. The monoisotopic (exact) mass is 395 g/mol. The van der Waals surface area contributed by atoms with E-state index in [1.165, 1.54) is 26.3 Å². The minimum atomic E-state index is -3.55. The molecule has 1 aliphatic rings. The van der Waals surface area contributed by atoms with Crippen LogP contribution in [0, 0.1) is 0 Å². The van der Waals surface area contributed by atoms with Gasteiger partial charge in [0, 0.05) is 18.7 Å². The normalized spacial score (nSPS) is 13.2. The molecule has 138 valence electrons. The SMILES string of the molecule is CNC(=O)/C=C/c1c(CS(=O)(=O)c2cccs2)cc2c(c1OC)OCO2. The van der Waals surface area contributed by atoms with Crippen molar-refractivity contribution in [3.8, 4) is 17.2 Å². The number of thiophene rings is 1. The predicted molar refractivity (Wildman–Crippen MR) is 97.4 cm³/mol. The molecule has 2 heterocycles. The second-order valence-corrected chi connectivity index (χ2v) is 8.52. The lowest BCUT2D eigenvalue weighted by Crippen LogP contribution is -2.14. The van der Waals surface area contributed by atoms with E-state index in [9.17, 15) is 13.2 Å². The maximum atomic E-state index is 12.7. The van der Waals surface area contributed by atoms with Crippen LogP contribution in [0.4, 0.5) is 0 Å². The van der Waals surface area contributed by atoms with Crippen LogP contribution >= 0.6 is 11.3 Å². The van der Waals surface area contributed by atoms with Crippen molar-refractivity contribution in [1.29, 1.82) is 0 Å². The summed E-state index contributed by atoms with van der Waals surface area (Å²) in [6.45, 7) is 0.0193. The number of fused-ring (bicyclic) bond motifs is 1. The van der Waals surface area contributed by atoms with E-state index in [1.54, 1.807) is 23.6 Å². The van der Waals surface area contributed by atoms with E-state index >= 15 is 0 Å². The first-order valence-corrected chi connectivity index (χ1v) is 10.1. The lowest BCUT2D eigenvalue weighted by molar-refractivity contribution is -0.115. The first-order valence-electron chi connectivity index (χ1n) is 7.61. The molecule has 1 aromatic heterocycles. The van der Waals surface area contributed by atoms with Crippen LogP contribution < -0.4 is 19.5 Å². The Morgan fingerprint density at radius 3 is 2.88 bits per heavy atom. The fourth-order valence-corrected chi connectivity index (χ4v) is 5.00. The number of ether oxygens (including phenoxy) is 3. The Kier molecular flexibility index (Phi) is 5.19. The van der Waals surface area contributed by atoms with E-state index in [0.29, 0.717) is 28.4 Å². The van der Waals surface area contributed by atoms with Gasteiger partial charge in [0.1, 0.15) is 4.21 Å². The molecule has 3 rings (SSSR count). The molecule has 0 atom stereocenters. The Morgan fingerprint density at radius 2 is 2.23 bits per heavy atom. The highest BCUT2D eigenvalue weighted by Gasteiger charge is 2.27. The van der Waals surface area contributed by atoms with Crippen molar-refractivity contribution in [3.05, 3.63) is 40.8 Å². The van der Waals surface area contributed by atoms with Gasteiger partial charge in [-0.3, -0.25) is 4.79 Å². The number of carbonyl (C=O) groups is 1. The molecule has 0 saturated heterocycles. The third-order valence-corrected chi connectivity index (χ3v) is 6.89. The second-order valence-electron chi connectivity index (χ2n) is 5.36. The van der Waals surface area contributed by atoms with Crippen molar-refractivity contribution in [2.75, 3.05) is 21.0 Å². The van der Waals surface area contributed by atoms with Gasteiger partial charge in [0.05, 0.1) is 12.9 Å². The maximum absolute atomic E-state index is 12.7. The van der Waals surface area contributed by atoms with Gasteiger partial charge in [0.15, 0.2) is 21.3 Å². The topological polar surface area (TPSA) is 90.9 Å². The fraction of sp³-hybridized carbons (Fsp3) is 0.235. The molecule has 1 N–H and O–H groups in total. The Morgan fingerprint density at radius 1 is 1.42 bits per heavy atom. The smallest absolute Gasteiger partial charge is 0.243 e. The number of nitrogens with one attached hydrogen (secondary N) is 1. The van der Waals surface area contributed by atoms with Crippen molar-refractivity contribution in [1.82, 2.24) is 5.32 Å². The number of amides is 1. The fourth-order valence-electron chi connectivity index (χ4n) is 2.54. The zero-order valence-corrected chi connectivity index (χ0v) is 15.8. The van der Waals surface area contributed by atoms with E-state index < -0.39 is 9.84 Å². The van der Waals surface area contributed by atoms with E-state index in [0.717, 1.165) is 11.3 Å². The van der Waals surface area contributed by atoms with Crippen LogP contribution in [0.3, 0.4) is 0 Å². The highest BCUT2D eigenvalue weighted by Crippen LogP contribution is 2.46. The van der Waals surface area contributed by atoms with Gasteiger partial charge in [-0.1, -0.05) is 6.07 Å². The molecule has 0 bridgehead atoms. The van der Waals surface area contributed by atoms with Crippen molar-refractivity contribution in [2.24, 2.45) is 0 Å². The number of hydrogen-bond acceptors (Lipinski definition) is 7. The average Bonchev–Trinajstić information content (AvgIpc) is 3.30. The second kappa shape index (κ2) is 7.38. The Bertz CT molecular complexity index is 948. The Hall–Kier alpha value is -2.52. The summed E-state index contributed by atoms with van der Waals surface area (Å²) < 4.78 is 41.9. The summed E-state index contributed by atoms with van der Waals surface area (Å²) in [6, 6.07) is 4.86. The molecule has 1 aromatic carbocycles. The highest BCUT2D eigenvalue weighted by molar-refractivity contribution is 7.92. The number of hydrogen-bond donors (Lipinski definition) is 1. The molecular formula is C17H17NO6S2. The van der Waals surface area contributed by atoms with Crippen molar-refractivity contribution in [2.45, 2.75) is 9.96 Å². The van der Waals surface area contributed by atoms with E-state index in [-0.39, 0.29) is 22.7 Å². The van der Waals surface area contributed by atoms with Crippen LogP contribution in [-0.4, -0.2) is 35.3 Å². The molecule has 1 amide bonds. The van der Waals surface area contributed by atoms with Crippen molar-refractivity contribution in [3.63, 3.8) is 0 Å². The summed E-state index contributed by atoms with van der Waals surface area (Å²) in [5, 5.41) is 4.18. The molecule has 0 spiro atoms. The summed E-state index contributed by atoms with van der Waals surface area (Å²) in [4.78, 5) is 11.6. The van der Waals surface area contributed by atoms with Crippen molar-refractivity contribution >= 4 is 33.2 Å². The van der Waals surface area contributed by atoms with Crippen LogP contribution in [0.5, 0.6) is 17.2 Å². The molecule has 0 aliphatic carbocycles. The van der Waals surface area contributed by atoms with Crippen LogP contribution in [-0.2, 0) is 20.4 Å². The number of carbonyl (C=O) groups excluding carboxylic acids is 1. The third kappa shape index (κ3) is 3.54. The molecule has 0 saturated carbocycles. The van der Waals surface area contributed by atoms with Gasteiger partial charge in [-0.15, -0.1) is 11.3 Å². The molecule has 0 fully saturated rings. The molecule has 2 aromatic rings. The standard InChI is InChI=1S/C17H17NO6S2/c1-18-14(19)6-5-12-11(9-26(20,21)15-4-3-7-25-15)8-13-17(16(12)22-2)24-10-23-13/h3-8H,9-10H2,1-2H3,(H,18,19)/b6-5+. The number of methoxy groups -OCH3 is 1. The van der Waals surface area contributed by atoms with Gasteiger partial charge in [0.2, 0.25) is 18.4 Å². The third-order valence-electron chi connectivity index (χ3n) is 3.74. The van der Waals surface area contributed by atoms with Gasteiger partial charge in [0.25, 0.3) is 0 Å². The first kappa shape index (κ1) is 18.3. The number of benzene rings is 1. The minimum Gasteiger partial charge on any atom is -0.492 e. The lowest BCUT2D eigenvalue weighted by Gasteiger charge is -2.14. The summed E-state index contributed by atoms with van der Waals surface area (Å²) in [6.07, 6.45) is 2.82. The molecule has 0 radical (unpaired) electrons. The summed E-state index contributed by atoms with van der Waals surface area (Å²) in [5.41, 5.74) is 0.917. The number of likely N-dealkylation sites (N-methyl/N-ethyl adjacent to an activating group) is 1. The zero-order chi connectivity index (χ0) is 18.7. The first-order chi connectivity index (χ1) is 12.5. The predicted octanol–water partition coefficient (Wildman–Crippen LogP) is 2.22. The molecule has 0 unspecified atom stereocenters. The molecule has 7 nitrogen and oxygen atoms in total. The summed E-state index contributed by atoms with van der Waals surface area (Å²) >= 11 is 1.15. The lowest BCUT2D eigenvalue weighted by atomic mass is 10.1. The van der Waals surface area contributed by atoms with Crippen LogP contribution in [0.25, 0.3) is 6.08 Å². The maximum Gasteiger partial charge on any atom is 0.243 e. The highest BCUT2D eigenvalue weighted by atomic mass is 32.2. The van der Waals surface area contributed by atoms with Gasteiger partial charge in [-0.2, -0.15) is 0 Å². The van der Waals surface area contributed by atoms with Gasteiger partial charge in [-0.25, -0.2) is 8.42 Å². The van der Waals surface area contributed by atoms with Crippen molar-refractivity contribution < 1.29 is 27.4 Å². The summed E-state index contributed by atoms with van der Waals surface area (Å²) in [7, 11) is -0.591. The number of sulfone groups is 1. The molecular weight excluding hydrogens is 378 g/mol. The van der Waals surface area contributed by atoms with Crippen LogP contribution in [0.1, 0.15) is 11.1 Å². The average molecular weight is 395 g/mol. The van der Waals surface area contributed by atoms with Gasteiger partial charge in [-0.05, 0) is 29.2 Å². The van der Waals surface area contributed by atoms with E-state index in [4.69, 9.17) is 14.2 Å². The molecule has 1 aliphatic heterocycles. The Balaban J connectivity index is 2.11.